The van der Waals surface area contributed by atoms with Crippen LogP contribution in [0.1, 0.15) is 29.8 Å². The van der Waals surface area contributed by atoms with Crippen molar-refractivity contribution in [2.75, 3.05) is 18.4 Å². The molecule has 138 valence electrons. The third-order valence-electron chi connectivity index (χ3n) is 4.19. The summed E-state index contributed by atoms with van der Waals surface area (Å²) in [4.78, 5) is 25.9. The van der Waals surface area contributed by atoms with Crippen LogP contribution in [0.4, 0.5) is 5.69 Å². The highest BCUT2D eigenvalue weighted by Gasteiger charge is 2.26. The molecule has 0 aliphatic carbocycles. The van der Waals surface area contributed by atoms with Crippen molar-refractivity contribution in [3.05, 3.63) is 57.0 Å². The standard InChI is InChI=1S/C18H21ClN4O3/c1-11-9-23(10-12(2)26-11)18(25)14-5-3-13(4-6-14)7-20-15-8-21-22-17(24)16(15)19/h3-6,8,11-12H,7,9-10H2,1-2H3,(H2,20,22,24). The number of aromatic amines is 1. The Morgan fingerprint density at radius 1 is 1.31 bits per heavy atom. The van der Waals surface area contributed by atoms with Gasteiger partial charge in [0, 0.05) is 25.2 Å². The fraction of sp³-hybridized carbons (Fsp3) is 0.389. The number of carbonyl (C=O) groups excluding carboxylic acids is 1. The van der Waals surface area contributed by atoms with Gasteiger partial charge < -0.3 is 15.0 Å². The largest absolute Gasteiger partial charge is 0.378 e. The summed E-state index contributed by atoms with van der Waals surface area (Å²) in [7, 11) is 0. The number of nitrogens with zero attached hydrogens (tertiary/aromatic N) is 2. The van der Waals surface area contributed by atoms with Crippen LogP contribution in [0.3, 0.4) is 0 Å². The fourth-order valence-electron chi connectivity index (χ4n) is 3.00. The van der Waals surface area contributed by atoms with E-state index in [1.165, 1.54) is 6.20 Å². The second kappa shape index (κ2) is 7.88. The minimum atomic E-state index is -0.438. The van der Waals surface area contributed by atoms with Gasteiger partial charge in [-0.05, 0) is 31.5 Å². The maximum atomic E-state index is 12.7. The number of benzene rings is 1. The van der Waals surface area contributed by atoms with Gasteiger partial charge in [0.1, 0.15) is 5.02 Å². The molecule has 1 aliphatic rings. The third kappa shape index (κ3) is 4.23. The van der Waals surface area contributed by atoms with Crippen molar-refractivity contribution in [3.63, 3.8) is 0 Å². The van der Waals surface area contributed by atoms with Crippen LogP contribution in [0.25, 0.3) is 0 Å². The third-order valence-corrected chi connectivity index (χ3v) is 4.56. The summed E-state index contributed by atoms with van der Waals surface area (Å²) in [6, 6.07) is 7.37. The highest BCUT2D eigenvalue weighted by Crippen LogP contribution is 2.17. The van der Waals surface area contributed by atoms with Gasteiger partial charge in [0.05, 0.1) is 24.1 Å². The van der Waals surface area contributed by atoms with Crippen molar-refractivity contribution in [2.24, 2.45) is 0 Å². The highest BCUT2D eigenvalue weighted by molar-refractivity contribution is 6.32. The van der Waals surface area contributed by atoms with E-state index in [2.05, 4.69) is 15.5 Å². The average molecular weight is 377 g/mol. The van der Waals surface area contributed by atoms with Gasteiger partial charge in [0.25, 0.3) is 11.5 Å². The Morgan fingerprint density at radius 3 is 2.62 bits per heavy atom. The van der Waals surface area contributed by atoms with Crippen LogP contribution in [0.2, 0.25) is 5.02 Å². The SMILES string of the molecule is CC1CN(C(=O)c2ccc(CNc3cn[nH]c(=O)c3Cl)cc2)CC(C)O1. The van der Waals surface area contributed by atoms with Crippen LogP contribution >= 0.6 is 11.6 Å². The molecule has 2 aromatic rings. The van der Waals surface area contributed by atoms with Crippen molar-refractivity contribution in [1.82, 2.24) is 15.1 Å². The Hall–Kier alpha value is -2.38. The molecule has 1 saturated heterocycles. The molecule has 2 heterocycles. The number of nitrogens with one attached hydrogen (secondary N) is 2. The molecule has 2 atom stereocenters. The van der Waals surface area contributed by atoms with Gasteiger partial charge in [-0.15, -0.1) is 0 Å². The van der Waals surface area contributed by atoms with Gasteiger partial charge in [0.2, 0.25) is 0 Å². The number of hydrogen-bond acceptors (Lipinski definition) is 5. The van der Waals surface area contributed by atoms with Gasteiger partial charge in [-0.3, -0.25) is 9.59 Å². The molecule has 2 N–H and O–H groups in total. The fourth-order valence-corrected chi connectivity index (χ4v) is 3.15. The average Bonchev–Trinajstić information content (AvgIpc) is 2.62. The first-order chi connectivity index (χ1) is 12.4. The van der Waals surface area contributed by atoms with Crippen LogP contribution in [0.15, 0.2) is 35.3 Å². The summed E-state index contributed by atoms with van der Waals surface area (Å²) >= 11 is 5.93. The van der Waals surface area contributed by atoms with Gasteiger partial charge >= 0.3 is 0 Å². The molecule has 0 spiro atoms. The van der Waals surface area contributed by atoms with Gasteiger partial charge in [-0.2, -0.15) is 5.10 Å². The van der Waals surface area contributed by atoms with E-state index in [9.17, 15) is 9.59 Å². The van der Waals surface area contributed by atoms with E-state index in [0.717, 1.165) is 5.56 Å². The molecule has 3 rings (SSSR count). The van der Waals surface area contributed by atoms with Crippen LogP contribution in [0, 0.1) is 0 Å². The van der Waals surface area contributed by atoms with E-state index in [0.29, 0.717) is 30.9 Å². The molecule has 2 unspecified atom stereocenters. The Balaban J connectivity index is 1.64. The van der Waals surface area contributed by atoms with Gasteiger partial charge in [0.15, 0.2) is 0 Å². The molecule has 0 saturated carbocycles. The lowest BCUT2D eigenvalue weighted by Crippen LogP contribution is -2.48. The Labute approximate surface area is 156 Å². The molecule has 1 amide bonds. The molecule has 0 bridgehead atoms. The number of morpholine rings is 1. The van der Waals surface area contributed by atoms with Crippen LogP contribution in [-0.2, 0) is 11.3 Å². The quantitative estimate of drug-likeness (QED) is 0.854. The zero-order valence-electron chi connectivity index (χ0n) is 14.7. The molecular formula is C18H21ClN4O3. The number of halogens is 1. The number of rotatable bonds is 4. The summed E-state index contributed by atoms with van der Waals surface area (Å²) in [6.45, 7) is 5.60. The summed E-state index contributed by atoms with van der Waals surface area (Å²) in [5.74, 6) is 0.00773. The molecule has 0 radical (unpaired) electrons. The van der Waals surface area contributed by atoms with E-state index in [4.69, 9.17) is 16.3 Å². The zero-order valence-corrected chi connectivity index (χ0v) is 15.4. The molecule has 1 fully saturated rings. The van der Waals surface area contributed by atoms with Crippen LogP contribution in [0.5, 0.6) is 0 Å². The number of hydrogen-bond donors (Lipinski definition) is 2. The molecule has 8 heteroatoms. The minimum absolute atomic E-state index is 0.00773. The summed E-state index contributed by atoms with van der Waals surface area (Å²) in [5.41, 5.74) is 1.63. The highest BCUT2D eigenvalue weighted by atomic mass is 35.5. The smallest absolute Gasteiger partial charge is 0.285 e. The number of H-pyrrole nitrogens is 1. The number of ether oxygens (including phenoxy) is 1. The summed E-state index contributed by atoms with van der Waals surface area (Å²) in [5, 5.41) is 9.12. The molecule has 1 aliphatic heterocycles. The van der Waals surface area contributed by atoms with Gasteiger partial charge in [-0.25, -0.2) is 5.10 Å². The summed E-state index contributed by atoms with van der Waals surface area (Å²) < 4.78 is 5.67. The lowest BCUT2D eigenvalue weighted by molar-refractivity contribution is -0.0586. The van der Waals surface area contributed by atoms with Crippen molar-refractivity contribution in [1.29, 1.82) is 0 Å². The van der Waals surface area contributed by atoms with Crippen LogP contribution in [-0.4, -0.2) is 46.3 Å². The second-order valence-corrected chi connectivity index (χ2v) is 6.82. The van der Waals surface area contributed by atoms with E-state index >= 15 is 0 Å². The van der Waals surface area contributed by atoms with E-state index in [1.54, 1.807) is 0 Å². The second-order valence-electron chi connectivity index (χ2n) is 6.44. The Kier molecular flexibility index (Phi) is 5.58. The van der Waals surface area contributed by atoms with Crippen molar-refractivity contribution >= 4 is 23.2 Å². The first-order valence-corrected chi connectivity index (χ1v) is 8.82. The molecule has 1 aromatic carbocycles. The molecular weight excluding hydrogens is 356 g/mol. The van der Waals surface area contributed by atoms with Gasteiger partial charge in [-0.1, -0.05) is 23.7 Å². The number of carbonyl (C=O) groups is 1. The number of amides is 1. The number of aromatic nitrogens is 2. The topological polar surface area (TPSA) is 87.3 Å². The van der Waals surface area contributed by atoms with Crippen molar-refractivity contribution in [3.8, 4) is 0 Å². The van der Waals surface area contributed by atoms with E-state index in [1.807, 2.05) is 43.0 Å². The predicted molar refractivity (Wildman–Crippen MR) is 99.5 cm³/mol. The first kappa shape index (κ1) is 18.4. The van der Waals surface area contributed by atoms with Crippen LogP contribution < -0.4 is 10.9 Å². The Morgan fingerprint density at radius 2 is 1.96 bits per heavy atom. The van der Waals surface area contributed by atoms with Crippen molar-refractivity contribution < 1.29 is 9.53 Å². The van der Waals surface area contributed by atoms with E-state index in [-0.39, 0.29) is 23.1 Å². The predicted octanol–water partition coefficient (Wildman–Crippen LogP) is 2.28. The maximum absolute atomic E-state index is 12.7. The molecule has 1 aromatic heterocycles. The summed E-state index contributed by atoms with van der Waals surface area (Å²) in [6.07, 6.45) is 1.54. The molecule has 26 heavy (non-hydrogen) atoms. The normalized spacial score (nSPS) is 20.0. The lowest BCUT2D eigenvalue weighted by Gasteiger charge is -2.35. The monoisotopic (exact) mass is 376 g/mol. The van der Waals surface area contributed by atoms with Crippen molar-refractivity contribution in [2.45, 2.75) is 32.6 Å². The maximum Gasteiger partial charge on any atom is 0.285 e. The lowest BCUT2D eigenvalue weighted by atomic mass is 10.1. The Bertz CT molecular complexity index is 827. The molecule has 7 nitrogen and oxygen atoms in total. The van der Waals surface area contributed by atoms with E-state index < -0.39 is 5.56 Å². The number of anilines is 1. The first-order valence-electron chi connectivity index (χ1n) is 8.44. The minimum Gasteiger partial charge on any atom is -0.378 e. The zero-order chi connectivity index (χ0) is 18.7.